The summed E-state index contributed by atoms with van der Waals surface area (Å²) in [5.41, 5.74) is 1.99. The quantitative estimate of drug-likeness (QED) is 0.379. The molecule has 0 saturated heterocycles. The van der Waals surface area contributed by atoms with Gasteiger partial charge >= 0.3 is 0 Å². The first-order valence-corrected chi connectivity index (χ1v) is 11.0. The summed E-state index contributed by atoms with van der Waals surface area (Å²) in [6, 6.07) is 12.0. The highest BCUT2D eigenvalue weighted by atomic mass is 35.5. The Morgan fingerprint density at radius 3 is 2.51 bits per heavy atom. The summed E-state index contributed by atoms with van der Waals surface area (Å²) >= 11 is 5.78. The SMILES string of the molecule is CC(=O)c1ccc([C@H](C)NC(=O)c2cc(C(=O)NCc3ccc(F)c(Cl)c3)nc3ncnn23)cc1. The van der Waals surface area contributed by atoms with Crippen molar-refractivity contribution in [1.29, 1.82) is 0 Å². The maximum Gasteiger partial charge on any atom is 0.270 e. The van der Waals surface area contributed by atoms with E-state index in [-0.39, 0.29) is 34.5 Å². The number of halogens is 2. The van der Waals surface area contributed by atoms with Crippen molar-refractivity contribution in [1.82, 2.24) is 30.2 Å². The van der Waals surface area contributed by atoms with E-state index in [4.69, 9.17) is 11.6 Å². The summed E-state index contributed by atoms with van der Waals surface area (Å²) in [7, 11) is 0. The Bertz CT molecular complexity index is 1440. The van der Waals surface area contributed by atoms with Gasteiger partial charge in [0.1, 0.15) is 23.5 Å². The Morgan fingerprint density at radius 2 is 1.83 bits per heavy atom. The molecule has 2 amide bonds. The average molecular weight is 495 g/mol. The number of benzene rings is 2. The molecule has 0 aliphatic carbocycles. The van der Waals surface area contributed by atoms with E-state index < -0.39 is 23.7 Å². The number of aromatic nitrogens is 4. The minimum Gasteiger partial charge on any atom is -0.347 e. The topological polar surface area (TPSA) is 118 Å². The molecule has 0 fully saturated rings. The summed E-state index contributed by atoms with van der Waals surface area (Å²) in [5, 5.41) is 9.50. The Kier molecular flexibility index (Phi) is 6.83. The van der Waals surface area contributed by atoms with E-state index in [9.17, 15) is 18.8 Å². The van der Waals surface area contributed by atoms with Crippen molar-refractivity contribution in [3.8, 4) is 0 Å². The van der Waals surface area contributed by atoms with Crippen LogP contribution in [0.15, 0.2) is 54.9 Å². The molecule has 2 N–H and O–H groups in total. The van der Waals surface area contributed by atoms with Crippen molar-refractivity contribution in [2.45, 2.75) is 26.4 Å². The van der Waals surface area contributed by atoms with E-state index in [0.717, 1.165) is 5.56 Å². The van der Waals surface area contributed by atoms with Crippen molar-refractivity contribution >= 4 is 35.0 Å². The normalized spacial score (nSPS) is 11.8. The number of fused-ring (bicyclic) bond motifs is 1. The number of hydrogen-bond acceptors (Lipinski definition) is 6. The maximum absolute atomic E-state index is 13.4. The fourth-order valence-electron chi connectivity index (χ4n) is 3.37. The molecule has 0 aliphatic rings. The zero-order valence-corrected chi connectivity index (χ0v) is 19.5. The second-order valence-electron chi connectivity index (χ2n) is 7.80. The predicted octanol–water partition coefficient (Wildman–Crippen LogP) is 3.54. The number of nitrogens with zero attached hydrogens (tertiary/aromatic N) is 4. The standard InChI is InChI=1S/C24H20ClFN6O3/c1-13(16-4-6-17(7-5-16)14(2)33)30-23(35)21-10-20(31-24-28-12-29-32(21)24)22(34)27-11-15-3-8-19(26)18(25)9-15/h3-10,12-13H,11H2,1-2H3,(H,27,34)(H,30,35)/t13-/m0/s1. The van der Waals surface area contributed by atoms with Crippen LogP contribution in [0.25, 0.3) is 5.78 Å². The van der Waals surface area contributed by atoms with Gasteiger partial charge in [0.15, 0.2) is 5.78 Å². The lowest BCUT2D eigenvalue weighted by Crippen LogP contribution is -2.30. The van der Waals surface area contributed by atoms with E-state index in [1.807, 2.05) is 0 Å². The minimum absolute atomic E-state index is 0.0395. The highest BCUT2D eigenvalue weighted by molar-refractivity contribution is 6.30. The summed E-state index contributed by atoms with van der Waals surface area (Å²) in [4.78, 5) is 45.5. The number of Topliss-reactive ketones (excluding diaryl/α,β-unsaturated/α-hetero) is 1. The van der Waals surface area contributed by atoms with Crippen molar-refractivity contribution in [3.05, 3.63) is 93.8 Å². The van der Waals surface area contributed by atoms with Gasteiger partial charge in [0.25, 0.3) is 17.6 Å². The van der Waals surface area contributed by atoms with Crippen LogP contribution in [0.2, 0.25) is 5.02 Å². The second kappa shape index (κ2) is 9.98. The van der Waals surface area contributed by atoms with Gasteiger partial charge in [0.2, 0.25) is 0 Å². The van der Waals surface area contributed by atoms with Gasteiger partial charge in [-0.05, 0) is 37.1 Å². The summed E-state index contributed by atoms with van der Waals surface area (Å²) < 4.78 is 14.6. The van der Waals surface area contributed by atoms with Crippen LogP contribution in [0.4, 0.5) is 4.39 Å². The number of ketones is 1. The molecule has 35 heavy (non-hydrogen) atoms. The van der Waals surface area contributed by atoms with Gasteiger partial charge in [-0.2, -0.15) is 14.6 Å². The van der Waals surface area contributed by atoms with E-state index in [2.05, 4.69) is 25.7 Å². The second-order valence-corrected chi connectivity index (χ2v) is 8.21. The molecular weight excluding hydrogens is 475 g/mol. The molecule has 0 aliphatic heterocycles. The van der Waals surface area contributed by atoms with E-state index in [0.29, 0.717) is 11.1 Å². The third kappa shape index (κ3) is 5.33. The Balaban J connectivity index is 1.53. The first kappa shape index (κ1) is 24.0. The highest BCUT2D eigenvalue weighted by Gasteiger charge is 2.20. The molecule has 0 saturated carbocycles. The molecular formula is C24H20ClFN6O3. The molecule has 4 rings (SSSR count). The molecule has 2 aromatic heterocycles. The number of rotatable bonds is 7. The molecule has 1 atom stereocenters. The molecule has 0 spiro atoms. The van der Waals surface area contributed by atoms with Crippen molar-refractivity contribution in [3.63, 3.8) is 0 Å². The van der Waals surface area contributed by atoms with Crippen LogP contribution in [-0.2, 0) is 6.54 Å². The first-order chi connectivity index (χ1) is 16.7. The van der Waals surface area contributed by atoms with Gasteiger partial charge < -0.3 is 10.6 Å². The molecule has 0 bridgehead atoms. The Hall–Kier alpha value is -4.18. The van der Waals surface area contributed by atoms with Crippen molar-refractivity contribution < 1.29 is 18.8 Å². The molecule has 178 valence electrons. The number of hydrogen-bond donors (Lipinski definition) is 2. The van der Waals surface area contributed by atoms with Crippen LogP contribution in [0.5, 0.6) is 0 Å². The third-order valence-electron chi connectivity index (χ3n) is 5.32. The number of amides is 2. The summed E-state index contributed by atoms with van der Waals surface area (Å²) in [6.45, 7) is 3.35. The lowest BCUT2D eigenvalue weighted by molar-refractivity contribution is 0.0930. The smallest absolute Gasteiger partial charge is 0.270 e. The lowest BCUT2D eigenvalue weighted by atomic mass is 10.0. The van der Waals surface area contributed by atoms with Crippen molar-refractivity contribution in [2.24, 2.45) is 0 Å². The summed E-state index contributed by atoms with van der Waals surface area (Å²) in [6.07, 6.45) is 1.23. The van der Waals surface area contributed by atoms with Crippen LogP contribution < -0.4 is 10.6 Å². The van der Waals surface area contributed by atoms with E-state index in [1.54, 1.807) is 31.2 Å². The maximum atomic E-state index is 13.4. The summed E-state index contributed by atoms with van der Waals surface area (Å²) in [5.74, 6) is -1.58. The molecule has 2 heterocycles. The van der Waals surface area contributed by atoms with Gasteiger partial charge in [-0.3, -0.25) is 14.4 Å². The number of carbonyl (C=O) groups excluding carboxylic acids is 3. The minimum atomic E-state index is -0.558. The fourth-order valence-corrected chi connectivity index (χ4v) is 3.58. The van der Waals surface area contributed by atoms with Crippen LogP contribution in [0, 0.1) is 5.82 Å². The number of nitrogens with one attached hydrogen (secondary N) is 2. The van der Waals surface area contributed by atoms with Crippen molar-refractivity contribution in [2.75, 3.05) is 0 Å². The zero-order chi connectivity index (χ0) is 25.1. The molecule has 11 heteroatoms. The molecule has 4 aromatic rings. The Morgan fingerprint density at radius 1 is 1.09 bits per heavy atom. The van der Waals surface area contributed by atoms with E-state index >= 15 is 0 Å². The third-order valence-corrected chi connectivity index (χ3v) is 5.61. The molecule has 2 aromatic carbocycles. The lowest BCUT2D eigenvalue weighted by Gasteiger charge is -2.15. The fraction of sp³-hybridized carbons (Fsp3) is 0.167. The monoisotopic (exact) mass is 494 g/mol. The largest absolute Gasteiger partial charge is 0.347 e. The average Bonchev–Trinajstić information content (AvgIpc) is 3.32. The van der Waals surface area contributed by atoms with Gasteiger partial charge in [-0.25, -0.2) is 9.37 Å². The van der Waals surface area contributed by atoms with Crippen LogP contribution in [0.1, 0.15) is 62.4 Å². The van der Waals surface area contributed by atoms with Gasteiger partial charge in [-0.15, -0.1) is 0 Å². The van der Waals surface area contributed by atoms with Gasteiger partial charge in [0.05, 0.1) is 11.1 Å². The van der Waals surface area contributed by atoms with E-state index in [1.165, 1.54) is 42.0 Å². The molecule has 0 unspecified atom stereocenters. The van der Waals surface area contributed by atoms with Crippen LogP contribution in [0.3, 0.4) is 0 Å². The zero-order valence-electron chi connectivity index (χ0n) is 18.8. The van der Waals surface area contributed by atoms with Gasteiger partial charge in [-0.1, -0.05) is 41.9 Å². The number of carbonyl (C=O) groups is 3. The highest BCUT2D eigenvalue weighted by Crippen LogP contribution is 2.17. The van der Waals surface area contributed by atoms with Gasteiger partial charge in [0, 0.05) is 18.2 Å². The van der Waals surface area contributed by atoms with Crippen LogP contribution in [-0.4, -0.2) is 37.2 Å². The first-order valence-electron chi connectivity index (χ1n) is 10.6. The Labute approximate surface area is 204 Å². The molecule has 9 nitrogen and oxygen atoms in total. The molecule has 0 radical (unpaired) electrons. The van der Waals surface area contributed by atoms with Crippen LogP contribution >= 0.6 is 11.6 Å². The predicted molar refractivity (Wildman–Crippen MR) is 126 cm³/mol.